The summed E-state index contributed by atoms with van der Waals surface area (Å²) in [5.74, 6) is -1.20. The molecule has 0 saturated carbocycles. The van der Waals surface area contributed by atoms with Gasteiger partial charge in [-0.2, -0.15) is 0 Å². The summed E-state index contributed by atoms with van der Waals surface area (Å²) >= 11 is 6.11. The maximum absolute atomic E-state index is 12.4. The third-order valence-corrected chi connectivity index (χ3v) is 3.79. The van der Waals surface area contributed by atoms with Gasteiger partial charge < -0.3 is 10.1 Å². The van der Waals surface area contributed by atoms with E-state index in [9.17, 15) is 9.59 Å². The van der Waals surface area contributed by atoms with Crippen LogP contribution in [0.1, 0.15) is 18.1 Å². The lowest BCUT2D eigenvalue weighted by Gasteiger charge is -2.10. The summed E-state index contributed by atoms with van der Waals surface area (Å²) in [6.45, 7) is 1.86. The molecule has 5 nitrogen and oxygen atoms in total. The molecule has 1 N–H and O–H groups in total. The standard InChI is InChI=1S/C18H15ClN2O3/c1-2-24-18(23)16-17(22)20-14-9-8-12(19)10-13(14)15(21-16)11-6-4-3-5-7-11/h3-10,16H,2H2,1H3,(H,20,22). The van der Waals surface area contributed by atoms with E-state index in [4.69, 9.17) is 16.3 Å². The predicted molar refractivity (Wildman–Crippen MR) is 92.6 cm³/mol. The van der Waals surface area contributed by atoms with Crippen LogP contribution in [0, 0.1) is 0 Å². The van der Waals surface area contributed by atoms with E-state index in [1.54, 1.807) is 25.1 Å². The number of rotatable bonds is 3. The first-order valence-corrected chi connectivity index (χ1v) is 7.88. The molecule has 6 heteroatoms. The number of nitrogens with one attached hydrogen (secondary N) is 1. The lowest BCUT2D eigenvalue weighted by Crippen LogP contribution is -2.34. The average Bonchev–Trinajstić information content (AvgIpc) is 2.72. The Morgan fingerprint density at radius 2 is 2.00 bits per heavy atom. The van der Waals surface area contributed by atoms with E-state index < -0.39 is 17.9 Å². The van der Waals surface area contributed by atoms with E-state index >= 15 is 0 Å². The zero-order valence-electron chi connectivity index (χ0n) is 13.0. The second-order valence-electron chi connectivity index (χ2n) is 5.18. The number of halogens is 1. The van der Waals surface area contributed by atoms with Gasteiger partial charge in [0.2, 0.25) is 6.04 Å². The molecule has 0 bridgehead atoms. The molecule has 2 aromatic carbocycles. The number of anilines is 1. The third-order valence-electron chi connectivity index (χ3n) is 3.56. The Bertz CT molecular complexity index is 818. The minimum absolute atomic E-state index is 0.178. The summed E-state index contributed by atoms with van der Waals surface area (Å²) in [6.07, 6.45) is 0. The van der Waals surface area contributed by atoms with Crippen molar-refractivity contribution in [1.82, 2.24) is 0 Å². The summed E-state index contributed by atoms with van der Waals surface area (Å²) in [4.78, 5) is 28.9. The van der Waals surface area contributed by atoms with Gasteiger partial charge in [0.1, 0.15) is 0 Å². The number of hydrogen-bond acceptors (Lipinski definition) is 4. The fraction of sp³-hybridized carbons (Fsp3) is 0.167. The van der Waals surface area contributed by atoms with Crippen LogP contribution in [0.5, 0.6) is 0 Å². The Morgan fingerprint density at radius 3 is 2.71 bits per heavy atom. The Balaban J connectivity index is 2.18. The van der Waals surface area contributed by atoms with Crippen molar-refractivity contribution < 1.29 is 14.3 Å². The van der Waals surface area contributed by atoms with Crippen molar-refractivity contribution in [3.63, 3.8) is 0 Å². The number of esters is 1. The summed E-state index contributed by atoms with van der Waals surface area (Å²) in [5, 5.41) is 3.24. The second-order valence-corrected chi connectivity index (χ2v) is 5.61. The molecular weight excluding hydrogens is 328 g/mol. The minimum Gasteiger partial charge on any atom is -0.464 e. The quantitative estimate of drug-likeness (QED) is 0.688. The maximum atomic E-state index is 12.4. The van der Waals surface area contributed by atoms with Crippen molar-refractivity contribution in [2.75, 3.05) is 11.9 Å². The average molecular weight is 343 g/mol. The number of benzene rings is 2. The number of ether oxygens (including phenoxy) is 1. The van der Waals surface area contributed by atoms with Gasteiger partial charge in [0, 0.05) is 16.1 Å². The van der Waals surface area contributed by atoms with Gasteiger partial charge in [-0.05, 0) is 25.1 Å². The molecule has 0 aromatic heterocycles. The Labute approximate surface area is 144 Å². The number of amides is 1. The lowest BCUT2D eigenvalue weighted by molar-refractivity contribution is -0.146. The number of nitrogens with zero attached hydrogens (tertiary/aromatic N) is 1. The molecule has 1 aliphatic rings. The summed E-state index contributed by atoms with van der Waals surface area (Å²) in [6, 6.07) is 13.2. The van der Waals surface area contributed by atoms with Crippen LogP contribution in [0.15, 0.2) is 53.5 Å². The van der Waals surface area contributed by atoms with Crippen LogP contribution in [0.25, 0.3) is 0 Å². The summed E-state index contributed by atoms with van der Waals surface area (Å²) in [7, 11) is 0. The molecule has 2 aromatic rings. The van der Waals surface area contributed by atoms with Gasteiger partial charge in [0.15, 0.2) is 0 Å². The van der Waals surface area contributed by atoms with Gasteiger partial charge in [-0.15, -0.1) is 0 Å². The summed E-state index contributed by atoms with van der Waals surface area (Å²) in [5.41, 5.74) is 2.52. The summed E-state index contributed by atoms with van der Waals surface area (Å²) < 4.78 is 4.98. The third kappa shape index (κ3) is 3.16. The Morgan fingerprint density at radius 1 is 1.25 bits per heavy atom. The molecule has 3 rings (SSSR count). The molecule has 1 aliphatic heterocycles. The zero-order chi connectivity index (χ0) is 17.1. The molecule has 1 amide bonds. The zero-order valence-corrected chi connectivity index (χ0v) is 13.7. The first kappa shape index (κ1) is 16.2. The van der Waals surface area contributed by atoms with Gasteiger partial charge in [-0.1, -0.05) is 41.9 Å². The van der Waals surface area contributed by atoms with E-state index in [2.05, 4.69) is 10.3 Å². The molecule has 24 heavy (non-hydrogen) atoms. The van der Waals surface area contributed by atoms with Crippen LogP contribution in [-0.2, 0) is 14.3 Å². The van der Waals surface area contributed by atoms with Crippen LogP contribution >= 0.6 is 11.6 Å². The molecule has 122 valence electrons. The SMILES string of the molecule is CCOC(=O)C1N=C(c2ccccc2)c2cc(Cl)ccc2NC1=O. The van der Waals surface area contributed by atoms with Gasteiger partial charge >= 0.3 is 5.97 Å². The molecule has 1 unspecified atom stereocenters. The van der Waals surface area contributed by atoms with Crippen molar-refractivity contribution in [1.29, 1.82) is 0 Å². The number of carbonyl (C=O) groups is 2. The monoisotopic (exact) mass is 342 g/mol. The highest BCUT2D eigenvalue weighted by atomic mass is 35.5. The van der Waals surface area contributed by atoms with E-state index in [-0.39, 0.29) is 6.61 Å². The fourth-order valence-corrected chi connectivity index (χ4v) is 2.66. The minimum atomic E-state index is -1.26. The van der Waals surface area contributed by atoms with Gasteiger partial charge in [0.25, 0.3) is 5.91 Å². The molecule has 0 radical (unpaired) electrons. The van der Waals surface area contributed by atoms with Crippen LogP contribution in [0.2, 0.25) is 5.02 Å². The van der Waals surface area contributed by atoms with Crippen LogP contribution in [-0.4, -0.2) is 30.2 Å². The van der Waals surface area contributed by atoms with Crippen molar-refractivity contribution >= 4 is 34.9 Å². The second kappa shape index (κ2) is 6.84. The first-order chi connectivity index (χ1) is 11.6. The number of hydrogen-bond donors (Lipinski definition) is 1. The lowest BCUT2D eigenvalue weighted by atomic mass is 10.0. The maximum Gasteiger partial charge on any atom is 0.340 e. The predicted octanol–water partition coefficient (Wildman–Crippen LogP) is 3.06. The highest BCUT2D eigenvalue weighted by molar-refractivity contribution is 6.32. The van der Waals surface area contributed by atoms with Crippen LogP contribution < -0.4 is 5.32 Å². The topological polar surface area (TPSA) is 67.8 Å². The van der Waals surface area contributed by atoms with E-state index in [0.717, 1.165) is 5.56 Å². The smallest absolute Gasteiger partial charge is 0.340 e. The largest absolute Gasteiger partial charge is 0.464 e. The fourth-order valence-electron chi connectivity index (χ4n) is 2.49. The van der Waals surface area contributed by atoms with Crippen molar-refractivity contribution in [2.24, 2.45) is 4.99 Å². The van der Waals surface area contributed by atoms with E-state index in [1.807, 2.05) is 30.3 Å². The van der Waals surface area contributed by atoms with E-state index in [1.165, 1.54) is 0 Å². The molecular formula is C18H15ClN2O3. The molecule has 0 fully saturated rings. The number of aliphatic imine (C=N–C) groups is 1. The Hall–Kier alpha value is -2.66. The molecule has 0 saturated heterocycles. The molecule has 1 atom stereocenters. The van der Waals surface area contributed by atoms with Gasteiger partial charge in [-0.3, -0.25) is 9.79 Å². The van der Waals surface area contributed by atoms with Crippen LogP contribution in [0.4, 0.5) is 5.69 Å². The molecule has 0 aliphatic carbocycles. The number of benzodiazepines with no additional fused rings is 1. The van der Waals surface area contributed by atoms with E-state index in [0.29, 0.717) is 22.0 Å². The van der Waals surface area contributed by atoms with Crippen molar-refractivity contribution in [3.05, 3.63) is 64.7 Å². The number of fused-ring (bicyclic) bond motifs is 1. The van der Waals surface area contributed by atoms with Gasteiger partial charge in [-0.25, -0.2) is 4.79 Å². The highest BCUT2D eigenvalue weighted by Crippen LogP contribution is 2.27. The first-order valence-electron chi connectivity index (χ1n) is 7.51. The number of carbonyl (C=O) groups excluding carboxylic acids is 2. The van der Waals surface area contributed by atoms with Gasteiger partial charge in [0.05, 0.1) is 18.0 Å². The van der Waals surface area contributed by atoms with Crippen molar-refractivity contribution in [3.8, 4) is 0 Å². The molecule has 0 spiro atoms. The highest BCUT2D eigenvalue weighted by Gasteiger charge is 2.32. The normalized spacial score (nSPS) is 16.5. The Kier molecular flexibility index (Phi) is 4.62. The van der Waals surface area contributed by atoms with Crippen molar-refractivity contribution in [2.45, 2.75) is 13.0 Å². The van der Waals surface area contributed by atoms with Crippen LogP contribution in [0.3, 0.4) is 0 Å². The molecule has 1 heterocycles.